The molecule has 382 valence electrons. The number of ketones is 5. The number of rotatable bonds is 34. The van der Waals surface area contributed by atoms with Crippen LogP contribution in [0.15, 0.2) is 0 Å². The Kier molecular flexibility index (Phi) is 25.4. The fourth-order valence-electron chi connectivity index (χ4n) is 8.51. The van der Waals surface area contributed by atoms with Crippen molar-refractivity contribution in [1.82, 2.24) is 26.2 Å². The van der Waals surface area contributed by atoms with Gasteiger partial charge in [0, 0.05) is 70.4 Å². The van der Waals surface area contributed by atoms with Crippen molar-refractivity contribution in [2.45, 2.75) is 187 Å². The summed E-state index contributed by atoms with van der Waals surface area (Å²) in [6.45, 7) is 8.89. The van der Waals surface area contributed by atoms with Crippen molar-refractivity contribution in [3.63, 3.8) is 0 Å². The first-order valence-electron chi connectivity index (χ1n) is 23.9. The van der Waals surface area contributed by atoms with Gasteiger partial charge in [0.1, 0.15) is 5.78 Å². The Bertz CT molecular complexity index is 1840. The molecule has 2 heterocycles. The van der Waals surface area contributed by atoms with Gasteiger partial charge < -0.3 is 47.2 Å². The quantitative estimate of drug-likeness (QED) is 0.0418. The normalized spacial score (nSPS) is 19.5. The number of unbranched alkanes of at least 4 members (excludes halogenated alkanes) is 2. The first kappa shape index (κ1) is 58.7. The number of Topliss-reactive ketones (excluding diaryl/α,β-unsaturated/α-hetero) is 5. The first-order chi connectivity index (χ1) is 31.9. The van der Waals surface area contributed by atoms with Gasteiger partial charge in [-0.05, 0) is 58.3 Å². The minimum absolute atomic E-state index is 0.0990. The molecule has 0 aromatic heterocycles. The number of nitrogens with one attached hydrogen (secondary N) is 4. The summed E-state index contributed by atoms with van der Waals surface area (Å²) in [6.07, 6.45) is -0.384. The van der Waals surface area contributed by atoms with Crippen LogP contribution in [0.5, 0.6) is 0 Å². The monoisotopic (exact) mass is 963 g/mol. The predicted octanol–water partition coefficient (Wildman–Crippen LogP) is 1.07. The number of primary amides is 1. The van der Waals surface area contributed by atoms with E-state index in [0.717, 1.165) is 12.8 Å². The highest BCUT2D eigenvalue weighted by atomic mass is 16.4. The molecule has 0 aliphatic carbocycles. The van der Waals surface area contributed by atoms with Crippen LogP contribution in [-0.4, -0.2) is 140 Å². The molecule has 21 heteroatoms. The van der Waals surface area contributed by atoms with Crippen molar-refractivity contribution in [3.05, 3.63) is 0 Å². The van der Waals surface area contributed by atoms with E-state index in [1.54, 1.807) is 0 Å². The van der Waals surface area contributed by atoms with Gasteiger partial charge in [-0.15, -0.1) is 0 Å². The minimum atomic E-state index is -1.53. The smallest absolute Gasteiger partial charge is 0.306 e. The number of amides is 5. The zero-order valence-electron chi connectivity index (χ0n) is 40.2. The number of hydrogen-bond acceptors (Lipinski definition) is 14. The first-order valence-corrected chi connectivity index (χ1v) is 23.9. The van der Waals surface area contributed by atoms with Crippen molar-refractivity contribution >= 4 is 70.4 Å². The molecule has 0 unspecified atom stereocenters. The van der Waals surface area contributed by atoms with E-state index in [1.165, 1.54) is 18.7 Å². The van der Waals surface area contributed by atoms with Crippen LogP contribution in [-0.2, 0) is 57.5 Å². The maximum absolute atomic E-state index is 13.5. The number of aliphatic carboxylic acids is 2. The molecule has 2 saturated heterocycles. The van der Waals surface area contributed by atoms with Gasteiger partial charge in [-0.25, -0.2) is 0 Å². The van der Waals surface area contributed by atoms with Crippen molar-refractivity contribution in [2.75, 3.05) is 13.1 Å². The lowest BCUT2D eigenvalue weighted by atomic mass is 9.89. The van der Waals surface area contributed by atoms with Crippen molar-refractivity contribution in [1.29, 1.82) is 0 Å². The highest BCUT2D eigenvalue weighted by Crippen LogP contribution is 2.25. The Morgan fingerprint density at radius 1 is 0.691 bits per heavy atom. The zero-order chi connectivity index (χ0) is 51.2. The molecule has 9 atom stereocenters. The Morgan fingerprint density at radius 2 is 1.32 bits per heavy atom. The second kappa shape index (κ2) is 29.4. The zero-order valence-corrected chi connectivity index (χ0v) is 40.2. The van der Waals surface area contributed by atoms with Gasteiger partial charge in [-0.2, -0.15) is 0 Å². The molecule has 9 N–H and O–H groups in total. The number of aliphatic hydroxyl groups excluding tert-OH is 1. The van der Waals surface area contributed by atoms with Crippen LogP contribution in [0.2, 0.25) is 0 Å². The third-order valence-corrected chi connectivity index (χ3v) is 12.5. The summed E-state index contributed by atoms with van der Waals surface area (Å²) in [5, 5.41) is 39.3. The van der Waals surface area contributed by atoms with E-state index in [4.69, 9.17) is 5.73 Å². The minimum Gasteiger partial charge on any atom is -0.481 e. The van der Waals surface area contributed by atoms with Crippen LogP contribution in [0.1, 0.15) is 150 Å². The lowest BCUT2D eigenvalue weighted by Crippen LogP contribution is -2.47. The van der Waals surface area contributed by atoms with E-state index in [-0.39, 0.29) is 88.2 Å². The molecule has 2 aliphatic heterocycles. The largest absolute Gasteiger partial charge is 0.481 e. The number of likely N-dealkylation sites (tertiary alicyclic amines) is 1. The highest BCUT2D eigenvalue weighted by Gasteiger charge is 2.37. The maximum atomic E-state index is 13.5. The topological polar surface area (TPSA) is 343 Å². The van der Waals surface area contributed by atoms with E-state index in [1.807, 2.05) is 20.8 Å². The summed E-state index contributed by atoms with van der Waals surface area (Å²) < 4.78 is 0. The fourth-order valence-corrected chi connectivity index (χ4v) is 8.51. The van der Waals surface area contributed by atoms with Gasteiger partial charge in [0.2, 0.25) is 29.5 Å². The number of carboxylic acid groups (broad SMARTS) is 2. The average molecular weight is 963 g/mol. The number of carbonyl (C=O) groups excluding carboxylic acids is 10. The molecule has 2 fully saturated rings. The van der Waals surface area contributed by atoms with E-state index in [9.17, 15) is 72.9 Å². The fraction of sp³-hybridized carbons (Fsp3) is 0.745. The summed E-state index contributed by atoms with van der Waals surface area (Å²) in [5.74, 6) is -12.1. The number of hydrogen-bond donors (Lipinski definition) is 8. The van der Waals surface area contributed by atoms with Gasteiger partial charge in [0.05, 0.1) is 54.6 Å². The lowest BCUT2D eigenvalue weighted by Gasteiger charge is -2.25. The van der Waals surface area contributed by atoms with Crippen LogP contribution in [0.4, 0.5) is 0 Å². The van der Waals surface area contributed by atoms with Crippen molar-refractivity contribution in [2.24, 2.45) is 29.4 Å². The number of nitrogens with zero attached hydrogens (tertiary/aromatic N) is 1. The molecule has 68 heavy (non-hydrogen) atoms. The molecule has 0 saturated carbocycles. The Balaban J connectivity index is 2.02. The molecule has 0 aromatic rings. The highest BCUT2D eigenvalue weighted by molar-refractivity contribution is 5.98. The number of carboxylic acids is 2. The van der Waals surface area contributed by atoms with Crippen LogP contribution in [0.3, 0.4) is 0 Å². The molecule has 21 nitrogen and oxygen atoms in total. The van der Waals surface area contributed by atoms with Gasteiger partial charge in [-0.3, -0.25) is 57.5 Å². The third-order valence-electron chi connectivity index (χ3n) is 12.5. The molecule has 0 bridgehead atoms. The Morgan fingerprint density at radius 3 is 1.90 bits per heavy atom. The number of nitrogens with two attached hydrogens (primary N) is 1. The molecule has 0 radical (unpaired) electrons. The SMILES string of the molecule is CCCCC[C@H](CC(=O)[C@@H]1CCCN1C(=O)CCC(=O)[C@H](C)NC(=O)[C@@H](CC(=O)[C@H](C)NC(=O)[C@H](CC(=O)O)CC(=O)[C@H](CCC(N)=O)NC(=O)CCC(=O)[C@@H]1C[C@@H](O)CN1)CC(C)C)C(=O)O. The van der Waals surface area contributed by atoms with E-state index >= 15 is 0 Å². The van der Waals surface area contributed by atoms with Crippen molar-refractivity contribution < 1.29 is 72.9 Å². The average Bonchev–Trinajstić information content (AvgIpc) is 3.94. The molecule has 0 spiro atoms. The summed E-state index contributed by atoms with van der Waals surface area (Å²) in [6, 6.07) is -5.11. The predicted molar refractivity (Wildman–Crippen MR) is 244 cm³/mol. The summed E-state index contributed by atoms with van der Waals surface area (Å²) in [7, 11) is 0. The van der Waals surface area contributed by atoms with Gasteiger partial charge in [-0.1, -0.05) is 40.0 Å². The number of carbonyl (C=O) groups is 12. The van der Waals surface area contributed by atoms with Crippen molar-refractivity contribution in [3.8, 4) is 0 Å². The molecule has 2 aliphatic rings. The van der Waals surface area contributed by atoms with Gasteiger partial charge in [0.25, 0.3) is 0 Å². The van der Waals surface area contributed by atoms with E-state index in [0.29, 0.717) is 32.2 Å². The summed E-state index contributed by atoms with van der Waals surface area (Å²) in [4.78, 5) is 155. The van der Waals surface area contributed by atoms with Gasteiger partial charge >= 0.3 is 11.9 Å². The van der Waals surface area contributed by atoms with Gasteiger partial charge in [0.15, 0.2) is 23.1 Å². The third kappa shape index (κ3) is 20.8. The second-order valence-corrected chi connectivity index (χ2v) is 18.8. The maximum Gasteiger partial charge on any atom is 0.306 e. The number of β-amino-alcohol motifs (C(OH)–C–C–N with tert-alkyl or cyclic N) is 1. The Hall–Kier alpha value is -5.44. The molecule has 0 aromatic carbocycles. The molecular formula is C47H74N6O15. The second-order valence-electron chi connectivity index (χ2n) is 18.8. The number of aliphatic hydroxyl groups is 1. The van der Waals surface area contributed by atoms with Crippen LogP contribution < -0.4 is 27.0 Å². The Labute approximate surface area is 397 Å². The van der Waals surface area contributed by atoms with Crippen LogP contribution >= 0.6 is 0 Å². The molecular weight excluding hydrogens is 889 g/mol. The van der Waals surface area contributed by atoms with Crippen LogP contribution in [0.25, 0.3) is 0 Å². The molecule has 2 rings (SSSR count). The summed E-state index contributed by atoms with van der Waals surface area (Å²) in [5.41, 5.74) is 5.26. The van der Waals surface area contributed by atoms with Crippen LogP contribution in [0, 0.1) is 23.7 Å². The van der Waals surface area contributed by atoms with E-state index in [2.05, 4.69) is 21.3 Å². The summed E-state index contributed by atoms with van der Waals surface area (Å²) >= 11 is 0. The van der Waals surface area contributed by atoms with E-state index < -0.39 is 126 Å². The lowest BCUT2D eigenvalue weighted by molar-refractivity contribution is -0.145. The standard InChI is InChI=1S/C47H74N6O15/c1-6-7-8-10-29(47(67)68)20-40(59)35-11-9-18-53(35)43(62)17-14-36(55)27(4)50-45(65)30(19-26(2)3)21-38(57)28(5)51-46(66)31(23-44(63)64)22-39(58)33(12-15-41(48)60)52-42(61)16-13-37(56)34-24-32(54)25-49-34/h26-35,49,54H,6-25H2,1-5H3,(H2,48,60)(H,50,65)(H,51,66)(H,52,61)(H,63,64)(H,67,68)/t27-,28-,29+,30+,31-,32+,33-,34-,35-/m0/s1. The molecule has 5 amide bonds.